The Labute approximate surface area is 84.2 Å². The summed E-state index contributed by atoms with van der Waals surface area (Å²) >= 11 is 0. The molecule has 1 heterocycles. The summed E-state index contributed by atoms with van der Waals surface area (Å²) in [7, 11) is -2.97. The lowest BCUT2D eigenvalue weighted by Crippen LogP contribution is -2.32. The van der Waals surface area contributed by atoms with Crippen molar-refractivity contribution in [1.29, 1.82) is 0 Å². The summed E-state index contributed by atoms with van der Waals surface area (Å²) in [6.45, 7) is 1.03. The third-order valence-electron chi connectivity index (χ3n) is 2.99. The van der Waals surface area contributed by atoms with E-state index in [0.29, 0.717) is 19.5 Å². The van der Waals surface area contributed by atoms with Crippen LogP contribution >= 0.6 is 0 Å². The van der Waals surface area contributed by atoms with Gasteiger partial charge in [-0.05, 0) is 19.3 Å². The molecule has 0 unspecified atom stereocenters. The lowest BCUT2D eigenvalue weighted by molar-refractivity contribution is -0.131. The number of likely N-dealkylation sites (tertiary alicyclic amines) is 1. The summed E-state index contributed by atoms with van der Waals surface area (Å²) in [6.07, 6.45) is 3.83. The molecule has 2 aliphatic rings. The van der Waals surface area contributed by atoms with Crippen LogP contribution in [0.3, 0.4) is 0 Å². The molecule has 1 saturated heterocycles. The van der Waals surface area contributed by atoms with Gasteiger partial charge in [0.1, 0.15) is 0 Å². The van der Waals surface area contributed by atoms with Gasteiger partial charge in [-0.1, -0.05) is 0 Å². The Balaban J connectivity index is 1.97. The van der Waals surface area contributed by atoms with E-state index >= 15 is 0 Å². The molecule has 0 radical (unpaired) electrons. The fourth-order valence-electron chi connectivity index (χ4n) is 1.87. The molecular formula is C9H15NO3S. The van der Waals surface area contributed by atoms with E-state index in [9.17, 15) is 13.2 Å². The second kappa shape index (κ2) is 3.22. The maximum Gasteiger partial charge on any atom is 0.225 e. The minimum Gasteiger partial charge on any atom is -0.341 e. The molecule has 5 heteroatoms. The van der Waals surface area contributed by atoms with E-state index in [1.807, 2.05) is 0 Å². The van der Waals surface area contributed by atoms with Crippen LogP contribution in [0.25, 0.3) is 0 Å². The molecule has 0 N–H and O–H groups in total. The average molecular weight is 217 g/mol. The lowest BCUT2D eigenvalue weighted by atomic mass is 10.3. The van der Waals surface area contributed by atoms with Crippen LogP contribution in [0.2, 0.25) is 0 Å². The standard InChI is InChI=1S/C9H15NO3S/c1-14(12,13)8-4-5-10(6-8)9(11)7-2-3-7/h7-8H,2-6H2,1H3/t8-/m1/s1. The molecule has 2 rings (SSSR count). The molecule has 4 nitrogen and oxygen atoms in total. The van der Waals surface area contributed by atoms with Crippen LogP contribution in [0.15, 0.2) is 0 Å². The Morgan fingerprint density at radius 1 is 1.29 bits per heavy atom. The van der Waals surface area contributed by atoms with Gasteiger partial charge >= 0.3 is 0 Å². The molecule has 1 amide bonds. The predicted molar refractivity (Wildman–Crippen MR) is 52.6 cm³/mol. The van der Waals surface area contributed by atoms with E-state index < -0.39 is 9.84 Å². The molecule has 0 aromatic carbocycles. The Kier molecular flexibility index (Phi) is 2.29. The maximum absolute atomic E-state index is 11.6. The number of amides is 1. The second-order valence-electron chi connectivity index (χ2n) is 4.30. The first-order valence-corrected chi connectivity index (χ1v) is 6.91. The van der Waals surface area contributed by atoms with Crippen molar-refractivity contribution in [2.45, 2.75) is 24.5 Å². The summed E-state index contributed by atoms with van der Waals surface area (Å²) < 4.78 is 22.5. The van der Waals surface area contributed by atoms with Crippen molar-refractivity contribution in [1.82, 2.24) is 4.90 Å². The van der Waals surface area contributed by atoms with Gasteiger partial charge in [-0.15, -0.1) is 0 Å². The number of hydrogen-bond acceptors (Lipinski definition) is 3. The van der Waals surface area contributed by atoms with E-state index in [-0.39, 0.29) is 17.1 Å². The highest BCUT2D eigenvalue weighted by molar-refractivity contribution is 7.91. The zero-order chi connectivity index (χ0) is 10.3. The Hall–Kier alpha value is -0.580. The minimum absolute atomic E-state index is 0.163. The Morgan fingerprint density at radius 2 is 1.93 bits per heavy atom. The van der Waals surface area contributed by atoms with Gasteiger partial charge in [-0.3, -0.25) is 4.79 Å². The Bertz CT molecular complexity index is 345. The van der Waals surface area contributed by atoms with Crippen LogP contribution in [0.1, 0.15) is 19.3 Å². The monoisotopic (exact) mass is 217 g/mol. The smallest absolute Gasteiger partial charge is 0.225 e. The van der Waals surface area contributed by atoms with Gasteiger partial charge in [0.05, 0.1) is 5.25 Å². The molecule has 0 spiro atoms. The quantitative estimate of drug-likeness (QED) is 0.656. The van der Waals surface area contributed by atoms with E-state index in [1.165, 1.54) is 6.26 Å². The van der Waals surface area contributed by atoms with Gasteiger partial charge in [0.2, 0.25) is 5.91 Å². The first-order chi connectivity index (χ1) is 6.48. The summed E-state index contributed by atoms with van der Waals surface area (Å²) in [4.78, 5) is 13.3. The van der Waals surface area contributed by atoms with Gasteiger partial charge in [0.25, 0.3) is 0 Å². The van der Waals surface area contributed by atoms with Crippen LogP contribution in [-0.4, -0.2) is 43.8 Å². The van der Waals surface area contributed by atoms with Gasteiger partial charge in [-0.25, -0.2) is 8.42 Å². The number of nitrogens with zero attached hydrogens (tertiary/aromatic N) is 1. The maximum atomic E-state index is 11.6. The van der Waals surface area contributed by atoms with Crippen molar-refractivity contribution in [2.24, 2.45) is 5.92 Å². The molecule has 0 aromatic rings. The van der Waals surface area contributed by atoms with Crippen LogP contribution < -0.4 is 0 Å². The van der Waals surface area contributed by atoms with Gasteiger partial charge < -0.3 is 4.90 Å². The molecule has 0 bridgehead atoms. The van der Waals surface area contributed by atoms with E-state index in [1.54, 1.807) is 4.90 Å². The largest absolute Gasteiger partial charge is 0.341 e. The topological polar surface area (TPSA) is 54.5 Å². The minimum atomic E-state index is -2.97. The van der Waals surface area contributed by atoms with E-state index in [4.69, 9.17) is 0 Å². The van der Waals surface area contributed by atoms with Crippen LogP contribution in [0.5, 0.6) is 0 Å². The van der Waals surface area contributed by atoms with Crippen molar-refractivity contribution >= 4 is 15.7 Å². The zero-order valence-electron chi connectivity index (χ0n) is 8.27. The molecule has 14 heavy (non-hydrogen) atoms. The zero-order valence-corrected chi connectivity index (χ0v) is 9.09. The number of rotatable bonds is 2. The van der Waals surface area contributed by atoms with Gasteiger partial charge in [0.15, 0.2) is 9.84 Å². The van der Waals surface area contributed by atoms with Gasteiger partial charge in [-0.2, -0.15) is 0 Å². The number of hydrogen-bond donors (Lipinski definition) is 0. The average Bonchev–Trinajstić information content (AvgIpc) is 2.79. The predicted octanol–water partition coefficient (Wildman–Crippen LogP) is 0.0419. The third-order valence-corrected chi connectivity index (χ3v) is 4.58. The number of carbonyl (C=O) groups excluding carboxylic acids is 1. The third kappa shape index (κ3) is 1.92. The van der Waals surface area contributed by atoms with E-state index in [2.05, 4.69) is 0 Å². The van der Waals surface area contributed by atoms with Crippen molar-refractivity contribution in [3.05, 3.63) is 0 Å². The van der Waals surface area contributed by atoms with Crippen LogP contribution in [0.4, 0.5) is 0 Å². The van der Waals surface area contributed by atoms with Crippen molar-refractivity contribution in [3.63, 3.8) is 0 Å². The molecular weight excluding hydrogens is 202 g/mol. The summed E-state index contributed by atoms with van der Waals surface area (Å²) in [5.74, 6) is 0.365. The highest BCUT2D eigenvalue weighted by Crippen LogP contribution is 2.32. The summed E-state index contributed by atoms with van der Waals surface area (Å²) in [5.41, 5.74) is 0. The lowest BCUT2D eigenvalue weighted by Gasteiger charge is -2.15. The van der Waals surface area contributed by atoms with E-state index in [0.717, 1.165) is 12.8 Å². The fourth-order valence-corrected chi connectivity index (χ4v) is 2.85. The fraction of sp³-hybridized carbons (Fsp3) is 0.889. The molecule has 1 atom stereocenters. The van der Waals surface area contributed by atoms with Crippen molar-refractivity contribution in [2.75, 3.05) is 19.3 Å². The highest BCUT2D eigenvalue weighted by Gasteiger charge is 2.38. The first kappa shape index (κ1) is 9.96. The normalized spacial score (nSPS) is 28.1. The molecule has 0 aromatic heterocycles. The molecule has 80 valence electrons. The SMILES string of the molecule is CS(=O)(=O)[C@@H]1CCN(C(=O)C2CC2)C1. The molecule has 1 saturated carbocycles. The highest BCUT2D eigenvalue weighted by atomic mass is 32.2. The molecule has 1 aliphatic heterocycles. The Morgan fingerprint density at radius 3 is 2.36 bits per heavy atom. The molecule has 2 fully saturated rings. The van der Waals surface area contributed by atoms with Crippen molar-refractivity contribution in [3.8, 4) is 0 Å². The number of carbonyl (C=O) groups is 1. The first-order valence-electron chi connectivity index (χ1n) is 4.96. The van der Waals surface area contributed by atoms with Gasteiger partial charge in [0, 0.05) is 25.3 Å². The van der Waals surface area contributed by atoms with Crippen LogP contribution in [0, 0.1) is 5.92 Å². The second-order valence-corrected chi connectivity index (χ2v) is 6.62. The summed E-state index contributed by atoms with van der Waals surface area (Å²) in [5, 5.41) is -0.329. The number of sulfone groups is 1. The molecule has 1 aliphatic carbocycles. The van der Waals surface area contributed by atoms with Crippen molar-refractivity contribution < 1.29 is 13.2 Å². The summed E-state index contributed by atoms with van der Waals surface area (Å²) in [6, 6.07) is 0. The van der Waals surface area contributed by atoms with Crippen LogP contribution in [-0.2, 0) is 14.6 Å².